The van der Waals surface area contributed by atoms with Crippen molar-refractivity contribution in [1.82, 2.24) is 4.90 Å². The molecule has 1 aromatic carbocycles. The summed E-state index contributed by atoms with van der Waals surface area (Å²) in [5.41, 5.74) is 7.08. The van der Waals surface area contributed by atoms with Crippen molar-refractivity contribution in [1.29, 1.82) is 0 Å². The summed E-state index contributed by atoms with van der Waals surface area (Å²) in [4.78, 5) is 14.4. The van der Waals surface area contributed by atoms with Crippen molar-refractivity contribution in [3.8, 4) is 5.75 Å². The molecule has 0 saturated carbocycles. The van der Waals surface area contributed by atoms with E-state index in [0.717, 1.165) is 26.1 Å². The fourth-order valence-electron chi connectivity index (χ4n) is 2.11. The third kappa shape index (κ3) is 6.86. The van der Waals surface area contributed by atoms with Gasteiger partial charge in [0.2, 0.25) is 0 Å². The molecule has 0 aliphatic carbocycles. The number of carbonyl (C=O) groups is 1. The van der Waals surface area contributed by atoms with Crippen LogP contribution in [0.4, 0.5) is 5.69 Å². The van der Waals surface area contributed by atoms with Crippen LogP contribution in [0, 0.1) is 0 Å². The third-order valence-electron chi connectivity index (χ3n) is 3.37. The molecule has 0 bridgehead atoms. The molecule has 0 spiro atoms. The molecule has 0 fully saturated rings. The van der Waals surface area contributed by atoms with Gasteiger partial charge < -0.3 is 15.4 Å². The number of nitrogens with two attached hydrogens (primary N) is 1. The zero-order valence-electron chi connectivity index (χ0n) is 13.6. The molecule has 128 valence electrons. The van der Waals surface area contributed by atoms with Gasteiger partial charge in [-0.2, -0.15) is 0 Å². The molecule has 0 saturated heterocycles. The Hall–Kier alpha value is -0.970. The lowest BCUT2D eigenvalue weighted by Gasteiger charge is -2.19. The van der Waals surface area contributed by atoms with Gasteiger partial charge in [0.1, 0.15) is 6.61 Å². The normalized spacial score (nSPS) is 9.82. The number of halogens is 2. The molecule has 1 rings (SSSR count). The third-order valence-corrected chi connectivity index (χ3v) is 3.37. The van der Waals surface area contributed by atoms with Crippen LogP contribution in [0.25, 0.3) is 0 Å². The first-order valence-corrected chi connectivity index (χ1v) is 7.40. The van der Waals surface area contributed by atoms with Crippen LogP contribution in [0.5, 0.6) is 5.75 Å². The summed E-state index contributed by atoms with van der Waals surface area (Å²) in [6.07, 6.45) is 1.35. The lowest BCUT2D eigenvalue weighted by atomic mass is 10.0. The Morgan fingerprint density at radius 3 is 2.36 bits per heavy atom. The van der Waals surface area contributed by atoms with Gasteiger partial charge in [-0.25, -0.2) is 0 Å². The molecule has 0 atom stereocenters. The van der Waals surface area contributed by atoms with E-state index in [2.05, 4.69) is 18.7 Å². The average molecular weight is 351 g/mol. The van der Waals surface area contributed by atoms with Gasteiger partial charge >= 0.3 is 0 Å². The van der Waals surface area contributed by atoms with E-state index < -0.39 is 0 Å². The number of ketones is 1. The minimum absolute atomic E-state index is 0. The largest absolute Gasteiger partial charge is 0.489 e. The summed E-state index contributed by atoms with van der Waals surface area (Å²) >= 11 is 0. The highest BCUT2D eigenvalue weighted by Gasteiger charge is 2.14. The first kappa shape index (κ1) is 23.3. The van der Waals surface area contributed by atoms with Crippen molar-refractivity contribution >= 4 is 36.3 Å². The number of anilines is 1. The monoisotopic (exact) mass is 350 g/mol. The van der Waals surface area contributed by atoms with E-state index in [1.807, 2.05) is 6.92 Å². The van der Waals surface area contributed by atoms with Crippen LogP contribution in [0.1, 0.15) is 44.0 Å². The molecular formula is C16H28Cl2N2O2. The van der Waals surface area contributed by atoms with Crippen molar-refractivity contribution in [3.05, 3.63) is 23.8 Å². The Morgan fingerprint density at radius 2 is 1.82 bits per heavy atom. The van der Waals surface area contributed by atoms with Gasteiger partial charge in [0.25, 0.3) is 0 Å². The first-order chi connectivity index (χ1) is 9.63. The number of para-hydroxylation sites is 1. The number of rotatable bonds is 9. The average Bonchev–Trinajstić information content (AvgIpc) is 2.45. The number of hydrogen-bond acceptors (Lipinski definition) is 4. The van der Waals surface area contributed by atoms with Crippen LogP contribution in [-0.2, 0) is 0 Å². The minimum atomic E-state index is 0. The van der Waals surface area contributed by atoms with E-state index in [-0.39, 0.29) is 30.6 Å². The van der Waals surface area contributed by atoms with Gasteiger partial charge in [-0.3, -0.25) is 4.79 Å². The van der Waals surface area contributed by atoms with Gasteiger partial charge in [-0.15, -0.1) is 24.8 Å². The zero-order chi connectivity index (χ0) is 15.0. The van der Waals surface area contributed by atoms with Crippen LogP contribution in [-0.4, -0.2) is 36.9 Å². The summed E-state index contributed by atoms with van der Waals surface area (Å²) in [6, 6.07) is 5.37. The fourth-order valence-corrected chi connectivity index (χ4v) is 2.11. The second kappa shape index (κ2) is 12.6. The molecule has 0 heterocycles. The summed E-state index contributed by atoms with van der Waals surface area (Å²) in [6.45, 7) is 9.60. The van der Waals surface area contributed by atoms with Gasteiger partial charge in [0.05, 0.1) is 11.3 Å². The molecule has 6 heteroatoms. The number of Topliss-reactive ketones (excluding diaryl/α,β-unsaturated/α-hetero) is 1. The number of nitrogen functional groups attached to an aromatic ring is 1. The summed E-state index contributed by atoms with van der Waals surface area (Å²) < 4.78 is 5.78. The van der Waals surface area contributed by atoms with E-state index in [0.29, 0.717) is 30.0 Å². The second-order valence-electron chi connectivity index (χ2n) is 4.77. The number of nitrogens with zero attached hydrogens (tertiary/aromatic N) is 1. The van der Waals surface area contributed by atoms with Gasteiger partial charge in [-0.1, -0.05) is 26.8 Å². The number of benzene rings is 1. The Kier molecular flexibility index (Phi) is 13.3. The van der Waals surface area contributed by atoms with Crippen LogP contribution in [0.15, 0.2) is 18.2 Å². The van der Waals surface area contributed by atoms with Crippen molar-refractivity contribution in [2.75, 3.05) is 32.0 Å². The van der Waals surface area contributed by atoms with Crippen LogP contribution >= 0.6 is 24.8 Å². The quantitative estimate of drug-likeness (QED) is 0.543. The lowest BCUT2D eigenvalue weighted by molar-refractivity contribution is 0.0977. The molecule has 4 nitrogen and oxygen atoms in total. The number of hydrogen-bond donors (Lipinski definition) is 1. The summed E-state index contributed by atoms with van der Waals surface area (Å²) in [5.74, 6) is 0.635. The first-order valence-electron chi connectivity index (χ1n) is 7.40. The van der Waals surface area contributed by atoms with Crippen LogP contribution in [0.3, 0.4) is 0 Å². The topological polar surface area (TPSA) is 55.6 Å². The highest BCUT2D eigenvalue weighted by Crippen LogP contribution is 2.27. The van der Waals surface area contributed by atoms with Crippen molar-refractivity contribution in [2.45, 2.75) is 33.6 Å². The Morgan fingerprint density at radius 1 is 1.18 bits per heavy atom. The van der Waals surface area contributed by atoms with Crippen LogP contribution in [0.2, 0.25) is 0 Å². The Bertz CT molecular complexity index is 438. The maximum atomic E-state index is 12.1. The smallest absolute Gasteiger partial charge is 0.166 e. The highest BCUT2D eigenvalue weighted by molar-refractivity contribution is 6.00. The number of likely N-dealkylation sites (N-methyl/N-ethyl adjacent to an activating group) is 1. The van der Waals surface area contributed by atoms with Crippen molar-refractivity contribution in [2.24, 2.45) is 0 Å². The number of ether oxygens (including phenoxy) is 1. The molecule has 22 heavy (non-hydrogen) atoms. The predicted octanol–water partition coefficient (Wildman–Crippen LogP) is 3.82. The molecule has 0 radical (unpaired) electrons. The maximum Gasteiger partial charge on any atom is 0.166 e. The highest BCUT2D eigenvalue weighted by atomic mass is 35.5. The standard InChI is InChI=1S/C16H26N2O2.2ClH/c1-4-8-15(19)13-9-7-10-14(17)16(13)20-12-11-18(5-2)6-3;;/h7,9-10H,4-6,8,11-12,17H2,1-3H3;2*1H. The second-order valence-corrected chi connectivity index (χ2v) is 4.77. The fraction of sp³-hybridized carbons (Fsp3) is 0.562. The molecule has 0 aliphatic rings. The van der Waals surface area contributed by atoms with Crippen molar-refractivity contribution < 1.29 is 9.53 Å². The molecule has 2 N–H and O–H groups in total. The van der Waals surface area contributed by atoms with Crippen LogP contribution < -0.4 is 10.5 Å². The van der Waals surface area contributed by atoms with E-state index in [9.17, 15) is 4.79 Å². The molecule has 0 unspecified atom stereocenters. The predicted molar refractivity (Wildman–Crippen MR) is 97.9 cm³/mol. The van der Waals surface area contributed by atoms with E-state index >= 15 is 0 Å². The van der Waals surface area contributed by atoms with Crippen molar-refractivity contribution in [3.63, 3.8) is 0 Å². The molecule has 1 aromatic rings. The Labute approximate surface area is 146 Å². The number of carbonyl (C=O) groups excluding carboxylic acids is 1. The van der Waals surface area contributed by atoms with E-state index in [1.54, 1.807) is 18.2 Å². The zero-order valence-corrected chi connectivity index (χ0v) is 15.3. The minimum Gasteiger partial charge on any atom is -0.489 e. The van der Waals surface area contributed by atoms with Gasteiger partial charge in [-0.05, 0) is 31.6 Å². The molecule has 0 amide bonds. The molecular weight excluding hydrogens is 323 g/mol. The maximum absolute atomic E-state index is 12.1. The summed E-state index contributed by atoms with van der Waals surface area (Å²) in [7, 11) is 0. The molecule has 0 aliphatic heterocycles. The van der Waals surface area contributed by atoms with E-state index in [1.165, 1.54) is 0 Å². The SMILES string of the molecule is CCCC(=O)c1cccc(N)c1OCCN(CC)CC.Cl.Cl. The summed E-state index contributed by atoms with van der Waals surface area (Å²) in [5, 5.41) is 0. The van der Waals surface area contributed by atoms with Gasteiger partial charge in [0, 0.05) is 13.0 Å². The van der Waals surface area contributed by atoms with E-state index in [4.69, 9.17) is 10.5 Å². The van der Waals surface area contributed by atoms with Gasteiger partial charge in [0.15, 0.2) is 11.5 Å². The molecule has 0 aromatic heterocycles. The lowest BCUT2D eigenvalue weighted by Crippen LogP contribution is -2.28. The Balaban J connectivity index is 0.